The molecule has 0 aromatic heterocycles. The molecule has 0 aromatic carbocycles. The number of rotatable bonds is 0. The minimum absolute atomic E-state index is 0. The van der Waals surface area contributed by atoms with E-state index in [1.54, 1.807) is 6.92 Å². The molecule has 0 saturated heterocycles. The topological polar surface area (TPSA) is 74.6 Å². The summed E-state index contributed by atoms with van der Waals surface area (Å²) in [5.41, 5.74) is 0. The monoisotopic (exact) mass is 498 g/mol. The fourth-order valence-electron chi connectivity index (χ4n) is 0.167. The Morgan fingerprint density at radius 3 is 1.25 bits per heavy atom. The Hall–Kier alpha value is -1.32. The first-order chi connectivity index (χ1) is 9.71. The van der Waals surface area contributed by atoms with Crippen molar-refractivity contribution in [2.24, 2.45) is 0 Å². The number of hydrogen-bond acceptors (Lipinski definition) is 2. The van der Waals surface area contributed by atoms with Gasteiger partial charge in [0.1, 0.15) is 0 Å². The molecule has 0 radical (unpaired) electrons. The van der Waals surface area contributed by atoms with Gasteiger partial charge in [-0.05, 0) is 38.8 Å². The number of allylic oxidation sites excluding steroid dienone is 3. The molecule has 0 saturated carbocycles. The summed E-state index contributed by atoms with van der Waals surface area (Å²) in [4.78, 5) is 19.8. The molecule has 0 amide bonds. The van der Waals surface area contributed by atoms with Gasteiger partial charge in [0, 0.05) is 34.3 Å². The van der Waals surface area contributed by atoms with Gasteiger partial charge in [-0.2, -0.15) is 0 Å². The van der Waals surface area contributed by atoms with Gasteiger partial charge in [0.25, 0.3) is 11.9 Å². The van der Waals surface area contributed by atoms with E-state index < -0.39 is 11.9 Å². The predicted molar refractivity (Wildman–Crippen MR) is 107 cm³/mol. The van der Waals surface area contributed by atoms with Crippen molar-refractivity contribution < 1.29 is 40.2 Å². The van der Waals surface area contributed by atoms with Crippen molar-refractivity contribution in [1.82, 2.24) is 0 Å². The van der Waals surface area contributed by atoms with Crippen molar-refractivity contribution in [3.05, 3.63) is 23.2 Å². The van der Waals surface area contributed by atoms with E-state index in [1.807, 2.05) is 44.0 Å². The fraction of sp³-hybridized carbons (Fsp3) is 0.444. The molecular formula is C18H33BrO4Pd. The first-order valence-corrected chi connectivity index (χ1v) is 6.64. The average Bonchev–Trinajstić information content (AvgIpc) is 2.36. The summed E-state index contributed by atoms with van der Waals surface area (Å²) in [5.74, 6) is 6.08. The van der Waals surface area contributed by atoms with Crippen LogP contribution in [0.1, 0.15) is 56.4 Å². The van der Waals surface area contributed by atoms with Gasteiger partial charge in [-0.15, -0.1) is 18.3 Å². The van der Waals surface area contributed by atoms with Gasteiger partial charge in [0.15, 0.2) is 0 Å². The third-order valence-corrected chi connectivity index (χ3v) is 1.05. The smallest absolute Gasteiger partial charge is 0.300 e. The van der Waals surface area contributed by atoms with E-state index in [-0.39, 0.29) is 35.3 Å². The van der Waals surface area contributed by atoms with Crippen LogP contribution in [-0.2, 0) is 30.0 Å². The number of carboxylic acids is 2. The zero-order valence-electron chi connectivity index (χ0n) is 13.8. The Kier molecular flexibility index (Phi) is 140. The summed E-state index contributed by atoms with van der Waals surface area (Å²) < 4.78 is 0. The summed E-state index contributed by atoms with van der Waals surface area (Å²) in [6, 6.07) is 0. The van der Waals surface area contributed by atoms with Crippen LogP contribution in [0.15, 0.2) is 23.2 Å². The summed E-state index contributed by atoms with van der Waals surface area (Å²) in [5, 5.41) is 14.8. The second-order valence-electron chi connectivity index (χ2n) is 2.68. The van der Waals surface area contributed by atoms with Crippen molar-refractivity contribution in [1.29, 1.82) is 0 Å². The first-order valence-electron chi connectivity index (χ1n) is 5.72. The zero-order chi connectivity index (χ0) is 18.1. The van der Waals surface area contributed by atoms with Gasteiger partial charge in [-0.3, -0.25) is 9.59 Å². The molecule has 4 nitrogen and oxygen atoms in total. The van der Waals surface area contributed by atoms with Crippen molar-refractivity contribution >= 4 is 27.9 Å². The molecule has 0 fully saturated rings. The van der Waals surface area contributed by atoms with E-state index in [1.165, 1.54) is 0 Å². The molecule has 0 spiro atoms. The van der Waals surface area contributed by atoms with Gasteiger partial charge >= 0.3 is 0 Å². The van der Waals surface area contributed by atoms with Crippen molar-refractivity contribution in [2.75, 3.05) is 0 Å². The average molecular weight is 500 g/mol. The minimum Gasteiger partial charge on any atom is -0.481 e. The molecule has 0 bridgehead atoms. The molecule has 24 heavy (non-hydrogen) atoms. The Labute approximate surface area is 171 Å². The van der Waals surface area contributed by atoms with Crippen LogP contribution in [0.2, 0.25) is 0 Å². The fourth-order valence-corrected chi connectivity index (χ4v) is 0.167. The molecule has 0 rings (SSSR count). The summed E-state index contributed by atoms with van der Waals surface area (Å²) in [6.45, 7) is 9.54. The number of aliphatic carboxylic acids is 2. The minimum atomic E-state index is -0.833. The van der Waals surface area contributed by atoms with E-state index in [2.05, 4.69) is 40.1 Å². The number of carbonyl (C=O) groups is 2. The van der Waals surface area contributed by atoms with Gasteiger partial charge < -0.3 is 10.2 Å². The number of halogens is 1. The normalized spacial score (nSPS) is 5.92. The SMILES string of the molecule is C.C.C#CC.C/C=C/Br.CC#C/C=C/C.CC(=O)O.CC(=O)O.[Pd]. The van der Waals surface area contributed by atoms with Crippen LogP contribution in [0, 0.1) is 24.2 Å². The van der Waals surface area contributed by atoms with Crippen LogP contribution >= 0.6 is 15.9 Å². The molecular weight excluding hydrogens is 467 g/mol. The molecule has 0 aliphatic heterocycles. The predicted octanol–water partition coefficient (Wildman–Crippen LogP) is 5.59. The molecule has 0 atom stereocenters. The second-order valence-corrected chi connectivity index (χ2v) is 3.21. The molecule has 0 heterocycles. The van der Waals surface area contributed by atoms with Crippen molar-refractivity contribution in [3.63, 3.8) is 0 Å². The van der Waals surface area contributed by atoms with Crippen LogP contribution in [-0.4, -0.2) is 22.2 Å². The maximum atomic E-state index is 9.00. The Bertz CT molecular complexity index is 349. The van der Waals surface area contributed by atoms with Crippen LogP contribution in [0.5, 0.6) is 0 Å². The van der Waals surface area contributed by atoms with Crippen molar-refractivity contribution in [3.8, 4) is 24.2 Å². The van der Waals surface area contributed by atoms with E-state index in [4.69, 9.17) is 19.8 Å². The zero-order valence-corrected chi connectivity index (χ0v) is 16.9. The van der Waals surface area contributed by atoms with Gasteiger partial charge in [-0.1, -0.05) is 48.9 Å². The van der Waals surface area contributed by atoms with Gasteiger partial charge in [0.05, 0.1) is 0 Å². The van der Waals surface area contributed by atoms with E-state index >= 15 is 0 Å². The molecule has 0 unspecified atom stereocenters. The van der Waals surface area contributed by atoms with Crippen LogP contribution in [0.3, 0.4) is 0 Å². The van der Waals surface area contributed by atoms with E-state index in [0.717, 1.165) is 13.8 Å². The number of hydrogen-bond donors (Lipinski definition) is 2. The third-order valence-electron chi connectivity index (χ3n) is 0.520. The van der Waals surface area contributed by atoms with Gasteiger partial charge in [0.2, 0.25) is 0 Å². The Morgan fingerprint density at radius 2 is 1.21 bits per heavy atom. The maximum absolute atomic E-state index is 9.00. The van der Waals surface area contributed by atoms with E-state index in [0.29, 0.717) is 0 Å². The third kappa shape index (κ3) is 1110. The Morgan fingerprint density at radius 1 is 1.00 bits per heavy atom. The molecule has 0 aliphatic rings. The standard InChI is InChI=1S/C6H8.C3H5Br.C3H4.2C2H4O2.2CH4.Pd/c1-3-5-6-4-2;1-2-3-4;1-3-2;2*1-2(3)4;;;/h3,5H,1-2H3;2-3H,1H3;1H,2H3;2*1H3,(H,3,4);2*1H4;/b5-3+;3-2+;;;;;;. The molecule has 0 aromatic rings. The van der Waals surface area contributed by atoms with Crippen LogP contribution in [0.25, 0.3) is 0 Å². The Balaban J connectivity index is -0.0000000219. The molecule has 2 N–H and O–H groups in total. The van der Waals surface area contributed by atoms with E-state index in [9.17, 15) is 0 Å². The summed E-state index contributed by atoms with van der Waals surface area (Å²) in [7, 11) is 0. The number of terminal acetylenes is 1. The summed E-state index contributed by atoms with van der Waals surface area (Å²) in [6.07, 6.45) is 10.2. The maximum Gasteiger partial charge on any atom is 0.300 e. The quantitative estimate of drug-likeness (QED) is 0.336. The largest absolute Gasteiger partial charge is 0.481 e. The number of carboxylic acid groups (broad SMARTS) is 2. The van der Waals surface area contributed by atoms with Crippen LogP contribution < -0.4 is 0 Å². The molecule has 0 aliphatic carbocycles. The first kappa shape index (κ1) is 49.5. The molecule has 6 heteroatoms. The molecule has 146 valence electrons. The second kappa shape index (κ2) is 68.0. The van der Waals surface area contributed by atoms with Crippen LogP contribution in [0.4, 0.5) is 0 Å². The van der Waals surface area contributed by atoms with Gasteiger partial charge in [-0.25, -0.2) is 0 Å². The van der Waals surface area contributed by atoms with Crippen molar-refractivity contribution in [2.45, 2.75) is 56.4 Å². The summed E-state index contributed by atoms with van der Waals surface area (Å²) >= 11 is 3.07.